The van der Waals surface area contributed by atoms with Gasteiger partial charge in [0.25, 0.3) is 0 Å². The summed E-state index contributed by atoms with van der Waals surface area (Å²) < 4.78 is 8.85. The Balaban J connectivity index is 1.10. The summed E-state index contributed by atoms with van der Waals surface area (Å²) in [4.78, 5) is 2.49. The number of rotatable bonds is 5. The van der Waals surface area contributed by atoms with E-state index in [-0.39, 0.29) is 5.41 Å². The normalized spacial score (nSPS) is 13.1. The molecule has 2 heterocycles. The molecule has 3 heteroatoms. The minimum Gasteiger partial charge on any atom is -0.456 e. The van der Waals surface area contributed by atoms with Crippen molar-refractivity contribution >= 4 is 70.5 Å². The number of hydrogen-bond donors (Lipinski definition) is 0. The molecule has 11 rings (SSSR count). The van der Waals surface area contributed by atoms with Crippen LogP contribution in [-0.2, 0) is 5.41 Å². The smallest absolute Gasteiger partial charge is 0.136 e. The van der Waals surface area contributed by atoms with Gasteiger partial charge in [-0.15, -0.1) is 11.3 Å². The molecule has 0 fully saturated rings. The predicted octanol–water partition coefficient (Wildman–Crippen LogP) is 15.1. The van der Waals surface area contributed by atoms with Crippen molar-refractivity contribution in [1.82, 2.24) is 0 Å². The number of benzene rings is 8. The predicted molar refractivity (Wildman–Crippen MR) is 230 cm³/mol. The van der Waals surface area contributed by atoms with Gasteiger partial charge in [-0.2, -0.15) is 0 Å². The molecule has 2 nitrogen and oxygen atoms in total. The zero-order valence-electron chi connectivity index (χ0n) is 30.0. The number of nitrogens with zero attached hydrogens (tertiary/aromatic N) is 1. The average Bonchev–Trinajstić information content (AvgIpc) is 3.85. The first kappa shape index (κ1) is 31.1. The van der Waals surface area contributed by atoms with Gasteiger partial charge in [0.15, 0.2) is 0 Å². The molecule has 0 spiro atoms. The Labute approximate surface area is 318 Å². The van der Waals surface area contributed by atoms with Crippen molar-refractivity contribution in [2.24, 2.45) is 0 Å². The SMILES string of the molecule is CC1(C)c2ccccc2-c2cccc(N(c3cccc(-c4ccccc4)c3)c3ccc4sc5ccc(-c6ccc7c(c6)oc6ccccc67)cc5c4c3)c21. The van der Waals surface area contributed by atoms with Crippen LogP contribution in [0.15, 0.2) is 180 Å². The molecular formula is C51H35NOS. The lowest BCUT2D eigenvalue weighted by molar-refractivity contribution is 0.661. The van der Waals surface area contributed by atoms with Gasteiger partial charge in [0.1, 0.15) is 11.2 Å². The van der Waals surface area contributed by atoms with E-state index in [9.17, 15) is 0 Å². The third kappa shape index (κ3) is 4.72. The zero-order chi connectivity index (χ0) is 36.0. The summed E-state index contributed by atoms with van der Waals surface area (Å²) in [6.07, 6.45) is 0. The molecule has 0 aliphatic heterocycles. The van der Waals surface area contributed by atoms with Gasteiger partial charge >= 0.3 is 0 Å². The second kappa shape index (κ2) is 11.8. The largest absolute Gasteiger partial charge is 0.456 e. The van der Waals surface area contributed by atoms with E-state index >= 15 is 0 Å². The van der Waals surface area contributed by atoms with Crippen molar-refractivity contribution in [2.45, 2.75) is 19.3 Å². The maximum Gasteiger partial charge on any atom is 0.136 e. The van der Waals surface area contributed by atoms with Gasteiger partial charge in [0.05, 0.1) is 5.69 Å². The monoisotopic (exact) mass is 709 g/mol. The molecule has 0 saturated carbocycles. The number of anilines is 3. The maximum absolute atomic E-state index is 6.28. The molecule has 0 bridgehead atoms. The molecule has 0 saturated heterocycles. The highest BCUT2D eigenvalue weighted by Gasteiger charge is 2.38. The Bertz CT molecular complexity index is 3090. The highest BCUT2D eigenvalue weighted by atomic mass is 32.1. The topological polar surface area (TPSA) is 16.4 Å². The lowest BCUT2D eigenvalue weighted by Crippen LogP contribution is -2.20. The van der Waals surface area contributed by atoms with Crippen LogP contribution in [0.3, 0.4) is 0 Å². The molecule has 0 N–H and O–H groups in total. The van der Waals surface area contributed by atoms with Gasteiger partial charge in [-0.1, -0.05) is 123 Å². The highest BCUT2D eigenvalue weighted by molar-refractivity contribution is 7.25. The summed E-state index contributed by atoms with van der Waals surface area (Å²) in [5.74, 6) is 0. The van der Waals surface area contributed by atoms with E-state index in [1.165, 1.54) is 64.8 Å². The van der Waals surface area contributed by atoms with Crippen molar-refractivity contribution in [1.29, 1.82) is 0 Å². The van der Waals surface area contributed by atoms with E-state index in [2.05, 4.69) is 183 Å². The van der Waals surface area contributed by atoms with Crippen molar-refractivity contribution in [3.8, 4) is 33.4 Å². The first-order chi connectivity index (χ1) is 26.5. The summed E-state index contributed by atoms with van der Waals surface area (Å²) in [5, 5.41) is 4.83. The van der Waals surface area contributed by atoms with Crippen LogP contribution in [-0.4, -0.2) is 0 Å². The Hall–Kier alpha value is -6.42. The van der Waals surface area contributed by atoms with E-state index < -0.39 is 0 Å². The summed E-state index contributed by atoms with van der Waals surface area (Å²) in [6.45, 7) is 4.75. The molecule has 1 aliphatic rings. The molecule has 1 aliphatic carbocycles. The standard InChI is InChI=1S/C51H35NOS/c1-51(2)44-19-8-6-16-38(44)41-18-11-20-45(50(41)51)52(36-15-10-14-33(28-36)32-12-4-3-5-13-32)37-24-27-49-43(31-37)42-29-34(23-26-48(42)54-49)35-22-25-40-39-17-7-9-21-46(39)53-47(40)30-35/h3-31H,1-2H3. The number of fused-ring (bicyclic) bond motifs is 9. The van der Waals surface area contributed by atoms with Crippen LogP contribution in [0.4, 0.5) is 17.1 Å². The Kier molecular flexibility index (Phi) is 6.80. The van der Waals surface area contributed by atoms with E-state index in [0.717, 1.165) is 38.9 Å². The summed E-state index contributed by atoms with van der Waals surface area (Å²) >= 11 is 1.86. The van der Waals surface area contributed by atoms with E-state index in [0.29, 0.717) is 0 Å². The zero-order valence-corrected chi connectivity index (χ0v) is 30.8. The minimum absolute atomic E-state index is 0.174. The van der Waals surface area contributed by atoms with Gasteiger partial charge in [-0.3, -0.25) is 0 Å². The van der Waals surface area contributed by atoms with Crippen LogP contribution in [0.5, 0.6) is 0 Å². The summed E-state index contributed by atoms with van der Waals surface area (Å²) in [6, 6.07) is 64.2. The number of para-hydroxylation sites is 1. The number of thiophene rings is 1. The molecule has 0 radical (unpaired) electrons. The van der Waals surface area contributed by atoms with Crippen molar-refractivity contribution in [2.75, 3.05) is 4.90 Å². The minimum atomic E-state index is -0.174. The lowest BCUT2D eigenvalue weighted by atomic mass is 9.81. The van der Waals surface area contributed by atoms with Crippen molar-refractivity contribution in [3.63, 3.8) is 0 Å². The van der Waals surface area contributed by atoms with Gasteiger partial charge in [-0.25, -0.2) is 0 Å². The second-order valence-corrected chi connectivity index (χ2v) is 16.0. The van der Waals surface area contributed by atoms with Gasteiger partial charge in [0, 0.05) is 47.7 Å². The molecule has 8 aromatic carbocycles. The molecule has 10 aromatic rings. The number of furan rings is 1. The fourth-order valence-electron chi connectivity index (χ4n) is 8.88. The van der Waals surface area contributed by atoms with Crippen LogP contribution in [0, 0.1) is 0 Å². The summed E-state index contributed by atoms with van der Waals surface area (Å²) in [5.41, 5.74) is 15.2. The van der Waals surface area contributed by atoms with Crippen LogP contribution < -0.4 is 4.90 Å². The third-order valence-corrected chi connectivity index (χ3v) is 12.6. The molecule has 2 aromatic heterocycles. The Morgan fingerprint density at radius 2 is 1.09 bits per heavy atom. The first-order valence-electron chi connectivity index (χ1n) is 18.6. The van der Waals surface area contributed by atoms with E-state index in [4.69, 9.17) is 4.42 Å². The van der Waals surface area contributed by atoms with Gasteiger partial charge in [0.2, 0.25) is 0 Å². The quantitative estimate of drug-likeness (QED) is 0.177. The molecule has 256 valence electrons. The molecule has 0 atom stereocenters. The Morgan fingerprint density at radius 3 is 2.00 bits per heavy atom. The third-order valence-electron chi connectivity index (χ3n) is 11.4. The first-order valence-corrected chi connectivity index (χ1v) is 19.4. The molecule has 0 amide bonds. The molecule has 54 heavy (non-hydrogen) atoms. The lowest BCUT2D eigenvalue weighted by Gasteiger charge is -2.32. The van der Waals surface area contributed by atoms with E-state index in [1.54, 1.807) is 0 Å². The fourth-order valence-corrected chi connectivity index (χ4v) is 9.94. The Morgan fingerprint density at radius 1 is 0.444 bits per heavy atom. The number of hydrogen-bond acceptors (Lipinski definition) is 3. The van der Waals surface area contributed by atoms with Crippen LogP contribution in [0.1, 0.15) is 25.0 Å². The van der Waals surface area contributed by atoms with Crippen LogP contribution in [0.2, 0.25) is 0 Å². The van der Waals surface area contributed by atoms with Gasteiger partial charge in [-0.05, 0) is 111 Å². The highest BCUT2D eigenvalue weighted by Crippen LogP contribution is 2.54. The molecule has 0 unspecified atom stereocenters. The van der Waals surface area contributed by atoms with Crippen LogP contribution in [0.25, 0.3) is 75.5 Å². The maximum atomic E-state index is 6.28. The van der Waals surface area contributed by atoms with Crippen LogP contribution >= 0.6 is 11.3 Å². The fraction of sp³-hybridized carbons (Fsp3) is 0.0588. The van der Waals surface area contributed by atoms with Gasteiger partial charge < -0.3 is 9.32 Å². The average molecular weight is 710 g/mol. The molecular weight excluding hydrogens is 675 g/mol. The van der Waals surface area contributed by atoms with E-state index in [1.807, 2.05) is 23.5 Å². The second-order valence-electron chi connectivity index (χ2n) is 14.9. The van der Waals surface area contributed by atoms with Crippen molar-refractivity contribution < 1.29 is 4.42 Å². The van der Waals surface area contributed by atoms with Crippen molar-refractivity contribution in [3.05, 3.63) is 187 Å². The summed E-state index contributed by atoms with van der Waals surface area (Å²) in [7, 11) is 0.